The minimum atomic E-state index is -0.141. The summed E-state index contributed by atoms with van der Waals surface area (Å²) in [5, 5.41) is 0.885. The molecule has 6 heteroatoms. The summed E-state index contributed by atoms with van der Waals surface area (Å²) in [6.45, 7) is 7.91. The summed E-state index contributed by atoms with van der Waals surface area (Å²) < 4.78 is 9.81. The first-order valence-corrected chi connectivity index (χ1v) is 5.75. The Morgan fingerprint density at radius 2 is 2.33 bits per heavy atom. The van der Waals surface area contributed by atoms with E-state index in [9.17, 15) is 0 Å². The molecule has 1 aliphatic heterocycles. The fourth-order valence-electron chi connectivity index (χ4n) is 1.95. The van der Waals surface area contributed by atoms with E-state index in [-0.39, 0.29) is 11.7 Å². The van der Waals surface area contributed by atoms with Gasteiger partial charge in [0.1, 0.15) is 0 Å². The van der Waals surface area contributed by atoms with Crippen LogP contribution in [-0.2, 0) is 4.74 Å². The number of nitrogen functional groups attached to an aromatic ring is 1. The van der Waals surface area contributed by atoms with Gasteiger partial charge in [-0.25, -0.2) is 0 Å². The average Bonchev–Trinajstić information content (AvgIpc) is 2.48. The zero-order chi connectivity index (χ0) is 11.1. The third-order valence-electron chi connectivity index (χ3n) is 2.27. The summed E-state index contributed by atoms with van der Waals surface area (Å²) in [7, 11) is 0. The molecular formula is C9H16N4OS. The molecule has 2 N–H and O–H groups in total. The van der Waals surface area contributed by atoms with E-state index in [1.165, 1.54) is 11.5 Å². The molecule has 0 saturated carbocycles. The van der Waals surface area contributed by atoms with E-state index < -0.39 is 0 Å². The molecule has 1 fully saturated rings. The minimum Gasteiger partial charge on any atom is -0.369 e. The van der Waals surface area contributed by atoms with Crippen molar-refractivity contribution in [1.82, 2.24) is 9.36 Å². The molecule has 1 aliphatic rings. The summed E-state index contributed by atoms with van der Waals surface area (Å²) in [5.41, 5.74) is 5.38. The average molecular weight is 228 g/mol. The molecule has 2 rings (SSSR count). The SMILES string of the molecule is CC1CN(c2nc(N)ns2)CC(C)(C)O1. The summed E-state index contributed by atoms with van der Waals surface area (Å²) in [5.74, 6) is 0.354. The molecule has 0 amide bonds. The maximum absolute atomic E-state index is 5.82. The number of hydrogen-bond donors (Lipinski definition) is 1. The molecule has 84 valence electrons. The van der Waals surface area contributed by atoms with Crippen LogP contribution in [0.2, 0.25) is 0 Å². The molecule has 2 heterocycles. The molecule has 0 aromatic carbocycles. The fourth-order valence-corrected chi connectivity index (χ4v) is 2.56. The van der Waals surface area contributed by atoms with Crippen molar-refractivity contribution >= 4 is 22.6 Å². The lowest BCUT2D eigenvalue weighted by Crippen LogP contribution is -2.52. The van der Waals surface area contributed by atoms with Crippen molar-refractivity contribution in [2.24, 2.45) is 0 Å². The van der Waals surface area contributed by atoms with Gasteiger partial charge in [-0.3, -0.25) is 0 Å². The summed E-state index contributed by atoms with van der Waals surface area (Å²) >= 11 is 1.34. The van der Waals surface area contributed by atoms with E-state index in [1.54, 1.807) is 0 Å². The molecule has 0 spiro atoms. The highest BCUT2D eigenvalue weighted by Gasteiger charge is 2.32. The van der Waals surface area contributed by atoms with Crippen LogP contribution >= 0.6 is 11.5 Å². The van der Waals surface area contributed by atoms with Gasteiger partial charge in [0, 0.05) is 24.6 Å². The van der Waals surface area contributed by atoms with Gasteiger partial charge in [-0.05, 0) is 20.8 Å². The molecule has 1 atom stereocenters. The first kappa shape index (κ1) is 10.6. The number of rotatable bonds is 1. The lowest BCUT2D eigenvalue weighted by Gasteiger charge is -2.41. The zero-order valence-electron chi connectivity index (χ0n) is 9.23. The van der Waals surface area contributed by atoms with Gasteiger partial charge in [0.2, 0.25) is 11.1 Å². The van der Waals surface area contributed by atoms with Crippen molar-refractivity contribution in [2.45, 2.75) is 32.5 Å². The predicted octanol–water partition coefficient (Wildman–Crippen LogP) is 1.12. The van der Waals surface area contributed by atoms with Gasteiger partial charge in [-0.2, -0.15) is 9.36 Å². The van der Waals surface area contributed by atoms with Gasteiger partial charge in [-0.1, -0.05) is 0 Å². The monoisotopic (exact) mass is 228 g/mol. The molecule has 1 aromatic rings. The Kier molecular flexibility index (Phi) is 2.56. The van der Waals surface area contributed by atoms with Crippen LogP contribution in [0.3, 0.4) is 0 Å². The maximum atomic E-state index is 5.82. The lowest BCUT2D eigenvalue weighted by atomic mass is 10.1. The van der Waals surface area contributed by atoms with Crippen LogP contribution in [0.5, 0.6) is 0 Å². The van der Waals surface area contributed by atoms with Crippen molar-refractivity contribution in [3.05, 3.63) is 0 Å². The Morgan fingerprint density at radius 3 is 2.87 bits per heavy atom. The third-order valence-corrected chi connectivity index (χ3v) is 3.06. The highest BCUT2D eigenvalue weighted by Crippen LogP contribution is 2.27. The molecule has 15 heavy (non-hydrogen) atoms. The number of nitrogens with zero attached hydrogens (tertiary/aromatic N) is 3. The van der Waals surface area contributed by atoms with Crippen LogP contribution in [0.4, 0.5) is 11.1 Å². The second-order valence-corrected chi connectivity index (χ2v) is 5.23. The predicted molar refractivity (Wildman–Crippen MR) is 61.2 cm³/mol. The number of ether oxygens (including phenoxy) is 1. The lowest BCUT2D eigenvalue weighted by molar-refractivity contribution is -0.0749. The Labute approximate surface area is 93.4 Å². The smallest absolute Gasteiger partial charge is 0.233 e. The first-order valence-electron chi connectivity index (χ1n) is 4.98. The zero-order valence-corrected chi connectivity index (χ0v) is 10.0. The van der Waals surface area contributed by atoms with Gasteiger partial charge in [0.25, 0.3) is 0 Å². The highest BCUT2D eigenvalue weighted by atomic mass is 32.1. The number of hydrogen-bond acceptors (Lipinski definition) is 6. The van der Waals surface area contributed by atoms with Crippen molar-refractivity contribution in [1.29, 1.82) is 0 Å². The van der Waals surface area contributed by atoms with E-state index in [0.717, 1.165) is 18.2 Å². The van der Waals surface area contributed by atoms with Crippen molar-refractivity contribution in [2.75, 3.05) is 23.7 Å². The first-order chi connectivity index (χ1) is 6.96. The Bertz CT molecular complexity index is 352. The molecule has 0 aliphatic carbocycles. The van der Waals surface area contributed by atoms with Crippen LogP contribution in [-0.4, -0.2) is 34.2 Å². The van der Waals surface area contributed by atoms with E-state index >= 15 is 0 Å². The van der Waals surface area contributed by atoms with Crippen molar-refractivity contribution in [3.63, 3.8) is 0 Å². The van der Waals surface area contributed by atoms with E-state index in [4.69, 9.17) is 10.5 Å². The standard InChI is InChI=1S/C9H16N4OS/c1-6-4-13(5-9(2,3)14-6)8-11-7(10)12-15-8/h6H,4-5H2,1-3H3,(H2,10,12). The van der Waals surface area contributed by atoms with E-state index in [1.807, 2.05) is 0 Å². The number of aromatic nitrogens is 2. The highest BCUT2D eigenvalue weighted by molar-refractivity contribution is 7.09. The summed E-state index contributed by atoms with van der Waals surface area (Å²) in [6, 6.07) is 0. The van der Waals surface area contributed by atoms with Crippen LogP contribution in [0, 0.1) is 0 Å². The third kappa shape index (κ3) is 2.38. The van der Waals surface area contributed by atoms with E-state index in [0.29, 0.717) is 5.95 Å². The second kappa shape index (κ2) is 3.61. The second-order valence-electron chi connectivity index (χ2n) is 4.50. The molecule has 1 aromatic heterocycles. The maximum Gasteiger partial charge on any atom is 0.233 e. The fraction of sp³-hybridized carbons (Fsp3) is 0.778. The summed E-state index contributed by atoms with van der Waals surface area (Å²) in [6.07, 6.45) is 0.207. The van der Waals surface area contributed by atoms with Gasteiger partial charge in [-0.15, -0.1) is 0 Å². The Hall–Kier alpha value is -0.880. The van der Waals surface area contributed by atoms with Gasteiger partial charge in [0.15, 0.2) is 0 Å². The minimum absolute atomic E-state index is 0.141. The largest absolute Gasteiger partial charge is 0.369 e. The quantitative estimate of drug-likeness (QED) is 0.780. The molecule has 1 saturated heterocycles. The molecule has 1 unspecified atom stereocenters. The van der Waals surface area contributed by atoms with Crippen LogP contribution in [0.1, 0.15) is 20.8 Å². The molecule has 0 bridgehead atoms. The Balaban J connectivity index is 2.16. The number of morpholine rings is 1. The van der Waals surface area contributed by atoms with Gasteiger partial charge < -0.3 is 15.4 Å². The molecular weight excluding hydrogens is 212 g/mol. The van der Waals surface area contributed by atoms with Crippen molar-refractivity contribution < 1.29 is 4.74 Å². The van der Waals surface area contributed by atoms with Crippen LogP contribution < -0.4 is 10.6 Å². The molecule has 0 radical (unpaired) electrons. The Morgan fingerprint density at radius 1 is 1.60 bits per heavy atom. The van der Waals surface area contributed by atoms with E-state index in [2.05, 4.69) is 35.0 Å². The number of nitrogens with two attached hydrogens (primary N) is 1. The normalized spacial score (nSPS) is 25.5. The topological polar surface area (TPSA) is 64.3 Å². The van der Waals surface area contributed by atoms with Crippen LogP contribution in [0.15, 0.2) is 0 Å². The van der Waals surface area contributed by atoms with Crippen LogP contribution in [0.25, 0.3) is 0 Å². The van der Waals surface area contributed by atoms with Crippen molar-refractivity contribution in [3.8, 4) is 0 Å². The molecule has 5 nitrogen and oxygen atoms in total. The van der Waals surface area contributed by atoms with Gasteiger partial charge in [0.05, 0.1) is 11.7 Å². The summed E-state index contributed by atoms with van der Waals surface area (Å²) in [4.78, 5) is 6.37. The number of anilines is 2. The van der Waals surface area contributed by atoms with Gasteiger partial charge >= 0.3 is 0 Å².